The average Bonchev–Trinajstić information content (AvgIpc) is 2.68. The van der Waals surface area contributed by atoms with Crippen LogP contribution in [0.5, 0.6) is 5.75 Å². The van der Waals surface area contributed by atoms with E-state index in [0.29, 0.717) is 23.6 Å². The molecule has 5 heteroatoms. The maximum Gasteiger partial charge on any atom is 0.335 e. The van der Waals surface area contributed by atoms with Gasteiger partial charge in [-0.3, -0.25) is 4.79 Å². The van der Waals surface area contributed by atoms with E-state index < -0.39 is 5.97 Å². The molecule has 26 heavy (non-hydrogen) atoms. The zero-order chi connectivity index (χ0) is 18.4. The zero-order valence-corrected chi connectivity index (χ0v) is 13.9. The van der Waals surface area contributed by atoms with Crippen molar-refractivity contribution >= 4 is 17.6 Å². The smallest absolute Gasteiger partial charge is 0.335 e. The maximum atomic E-state index is 12.6. The van der Waals surface area contributed by atoms with Crippen LogP contribution in [-0.4, -0.2) is 17.0 Å². The van der Waals surface area contributed by atoms with E-state index in [9.17, 15) is 9.59 Å². The van der Waals surface area contributed by atoms with E-state index in [1.165, 1.54) is 12.1 Å². The fourth-order valence-electron chi connectivity index (χ4n) is 2.41. The first-order valence-corrected chi connectivity index (χ1v) is 8.04. The number of aromatic carboxylic acids is 1. The minimum atomic E-state index is -1.01. The Morgan fingerprint density at radius 2 is 1.50 bits per heavy atom. The Kier molecular flexibility index (Phi) is 5.29. The molecule has 0 saturated heterocycles. The van der Waals surface area contributed by atoms with Gasteiger partial charge in [-0.2, -0.15) is 0 Å². The number of amides is 1. The lowest BCUT2D eigenvalue weighted by Gasteiger charge is -2.12. The molecule has 5 nitrogen and oxygen atoms in total. The number of carboxylic acid groups (broad SMARTS) is 1. The number of benzene rings is 3. The summed E-state index contributed by atoms with van der Waals surface area (Å²) in [6.07, 6.45) is 0. The van der Waals surface area contributed by atoms with Crippen LogP contribution < -0.4 is 10.1 Å². The van der Waals surface area contributed by atoms with Gasteiger partial charge in [0.1, 0.15) is 12.4 Å². The summed E-state index contributed by atoms with van der Waals surface area (Å²) in [5.41, 5.74) is 2.09. The van der Waals surface area contributed by atoms with Crippen molar-refractivity contribution in [2.75, 3.05) is 5.32 Å². The topological polar surface area (TPSA) is 75.6 Å². The molecule has 1 amide bonds. The molecule has 130 valence electrons. The molecule has 0 bridgehead atoms. The second kappa shape index (κ2) is 7.98. The molecule has 0 atom stereocenters. The molecule has 0 saturated carbocycles. The average molecular weight is 347 g/mol. The monoisotopic (exact) mass is 347 g/mol. The number of carboxylic acids is 1. The SMILES string of the molecule is O=C(O)c1ccc(NC(=O)c2ccccc2OCc2ccccc2)cc1. The molecule has 0 radical (unpaired) electrons. The fraction of sp³-hybridized carbons (Fsp3) is 0.0476. The predicted molar refractivity (Wildman–Crippen MR) is 98.6 cm³/mol. The lowest BCUT2D eigenvalue weighted by molar-refractivity contribution is 0.0696. The van der Waals surface area contributed by atoms with E-state index >= 15 is 0 Å². The Labute approximate surface area is 150 Å². The third-order valence-corrected chi connectivity index (χ3v) is 3.76. The number of hydrogen-bond donors (Lipinski definition) is 2. The van der Waals surface area contributed by atoms with Gasteiger partial charge in [-0.05, 0) is 42.0 Å². The first-order chi connectivity index (χ1) is 12.6. The van der Waals surface area contributed by atoms with Crippen molar-refractivity contribution in [2.45, 2.75) is 6.61 Å². The van der Waals surface area contributed by atoms with Crippen molar-refractivity contribution in [1.82, 2.24) is 0 Å². The maximum absolute atomic E-state index is 12.6. The number of para-hydroxylation sites is 1. The molecule has 3 aromatic carbocycles. The van der Waals surface area contributed by atoms with Crippen LogP contribution in [0.3, 0.4) is 0 Å². The number of anilines is 1. The highest BCUT2D eigenvalue weighted by Gasteiger charge is 2.13. The Hall–Kier alpha value is -3.60. The second-order valence-electron chi connectivity index (χ2n) is 5.61. The standard InChI is InChI=1S/C21H17NO4/c23-20(22-17-12-10-16(11-13-17)21(24)25)18-8-4-5-9-19(18)26-14-15-6-2-1-3-7-15/h1-13H,14H2,(H,22,23)(H,24,25). The van der Waals surface area contributed by atoms with Crippen LogP contribution >= 0.6 is 0 Å². The van der Waals surface area contributed by atoms with Crippen molar-refractivity contribution in [3.8, 4) is 5.75 Å². The van der Waals surface area contributed by atoms with E-state index in [-0.39, 0.29) is 11.5 Å². The summed E-state index contributed by atoms with van der Waals surface area (Å²) >= 11 is 0. The number of hydrogen-bond acceptors (Lipinski definition) is 3. The molecule has 0 spiro atoms. The van der Waals surface area contributed by atoms with Crippen LogP contribution in [0.25, 0.3) is 0 Å². The number of rotatable bonds is 6. The number of ether oxygens (including phenoxy) is 1. The molecule has 0 aromatic heterocycles. The normalized spacial score (nSPS) is 10.2. The van der Waals surface area contributed by atoms with Crippen molar-refractivity contribution < 1.29 is 19.4 Å². The van der Waals surface area contributed by atoms with Crippen molar-refractivity contribution in [3.05, 3.63) is 95.6 Å². The summed E-state index contributed by atoms with van der Waals surface area (Å²) < 4.78 is 5.79. The van der Waals surface area contributed by atoms with Gasteiger partial charge in [-0.15, -0.1) is 0 Å². The molecule has 0 fully saturated rings. The Balaban J connectivity index is 1.72. The largest absolute Gasteiger partial charge is 0.488 e. The lowest BCUT2D eigenvalue weighted by atomic mass is 10.1. The summed E-state index contributed by atoms with van der Waals surface area (Å²) in [6.45, 7) is 0.360. The van der Waals surface area contributed by atoms with Crippen LogP contribution in [-0.2, 0) is 6.61 Å². The van der Waals surface area contributed by atoms with E-state index in [2.05, 4.69) is 5.32 Å². The van der Waals surface area contributed by atoms with Crippen LogP contribution in [0, 0.1) is 0 Å². The quantitative estimate of drug-likeness (QED) is 0.700. The van der Waals surface area contributed by atoms with Gasteiger partial charge in [0.2, 0.25) is 0 Å². The summed E-state index contributed by atoms with van der Waals surface area (Å²) in [5, 5.41) is 11.7. The van der Waals surface area contributed by atoms with Gasteiger partial charge in [-0.25, -0.2) is 4.79 Å². The minimum absolute atomic E-state index is 0.162. The van der Waals surface area contributed by atoms with Gasteiger partial charge in [0, 0.05) is 5.69 Å². The molecule has 2 N–H and O–H groups in total. The minimum Gasteiger partial charge on any atom is -0.488 e. The fourth-order valence-corrected chi connectivity index (χ4v) is 2.41. The molecular weight excluding hydrogens is 330 g/mol. The summed E-state index contributed by atoms with van der Waals surface area (Å²) in [6, 6.07) is 22.7. The van der Waals surface area contributed by atoms with Crippen LogP contribution in [0.4, 0.5) is 5.69 Å². The summed E-state index contributed by atoms with van der Waals surface area (Å²) in [5.74, 6) is -0.852. The molecule has 0 aliphatic heterocycles. The van der Waals surface area contributed by atoms with Gasteiger partial charge in [0.05, 0.1) is 11.1 Å². The number of carbonyl (C=O) groups is 2. The summed E-state index contributed by atoms with van der Waals surface area (Å²) in [4.78, 5) is 23.4. The third-order valence-electron chi connectivity index (χ3n) is 3.76. The van der Waals surface area contributed by atoms with E-state index in [1.807, 2.05) is 30.3 Å². The lowest BCUT2D eigenvalue weighted by Crippen LogP contribution is -2.13. The highest BCUT2D eigenvalue weighted by molar-refractivity contribution is 6.06. The second-order valence-corrected chi connectivity index (χ2v) is 5.61. The van der Waals surface area contributed by atoms with Crippen molar-refractivity contribution in [3.63, 3.8) is 0 Å². The highest BCUT2D eigenvalue weighted by Crippen LogP contribution is 2.21. The molecule has 0 aliphatic rings. The highest BCUT2D eigenvalue weighted by atomic mass is 16.5. The molecule has 0 aliphatic carbocycles. The molecule has 0 unspecified atom stereocenters. The van der Waals surface area contributed by atoms with Gasteiger partial charge in [0.15, 0.2) is 0 Å². The third kappa shape index (κ3) is 4.27. The Morgan fingerprint density at radius 3 is 2.19 bits per heavy atom. The van der Waals surface area contributed by atoms with Crippen molar-refractivity contribution in [1.29, 1.82) is 0 Å². The molecular formula is C21H17NO4. The van der Waals surface area contributed by atoms with Gasteiger partial charge in [-0.1, -0.05) is 42.5 Å². The first kappa shape index (κ1) is 17.2. The molecule has 3 rings (SSSR count). The number of carbonyl (C=O) groups excluding carboxylic acids is 1. The van der Waals surface area contributed by atoms with Crippen LogP contribution in [0.2, 0.25) is 0 Å². The summed E-state index contributed by atoms with van der Waals surface area (Å²) in [7, 11) is 0. The Morgan fingerprint density at radius 1 is 0.846 bits per heavy atom. The van der Waals surface area contributed by atoms with Gasteiger partial charge < -0.3 is 15.2 Å². The predicted octanol–water partition coefficient (Wildman–Crippen LogP) is 4.22. The van der Waals surface area contributed by atoms with Crippen LogP contribution in [0.1, 0.15) is 26.3 Å². The first-order valence-electron chi connectivity index (χ1n) is 8.04. The van der Waals surface area contributed by atoms with Crippen molar-refractivity contribution in [2.24, 2.45) is 0 Å². The van der Waals surface area contributed by atoms with E-state index in [4.69, 9.17) is 9.84 Å². The molecule has 0 heterocycles. The Bertz CT molecular complexity index is 905. The molecule has 3 aromatic rings. The van der Waals surface area contributed by atoms with Gasteiger partial charge >= 0.3 is 5.97 Å². The van der Waals surface area contributed by atoms with Crippen LogP contribution in [0.15, 0.2) is 78.9 Å². The number of nitrogens with one attached hydrogen (secondary N) is 1. The van der Waals surface area contributed by atoms with Gasteiger partial charge in [0.25, 0.3) is 5.91 Å². The zero-order valence-electron chi connectivity index (χ0n) is 13.9. The van der Waals surface area contributed by atoms with E-state index in [1.54, 1.807) is 36.4 Å². The van der Waals surface area contributed by atoms with E-state index in [0.717, 1.165) is 5.56 Å².